The maximum atomic E-state index is 11.5. The van der Waals surface area contributed by atoms with E-state index < -0.39 is 5.97 Å². The minimum Gasteiger partial charge on any atom is -0.481 e. The first kappa shape index (κ1) is 14.5. The average Bonchev–Trinajstić information content (AvgIpc) is 2.92. The molecular formula is C15H19NO4. The van der Waals surface area contributed by atoms with Gasteiger partial charge in [0, 0.05) is 25.5 Å². The molecule has 2 rings (SSSR count). The van der Waals surface area contributed by atoms with Crippen LogP contribution < -0.4 is 5.32 Å². The first-order valence-electron chi connectivity index (χ1n) is 6.82. The Bertz CT molecular complexity index is 460. The molecular weight excluding hydrogens is 258 g/mol. The molecule has 0 bridgehead atoms. The Kier molecular flexibility index (Phi) is 5.12. The van der Waals surface area contributed by atoms with Crippen molar-refractivity contribution in [3.05, 3.63) is 35.9 Å². The summed E-state index contributed by atoms with van der Waals surface area (Å²) in [5, 5.41) is 11.3. The number of rotatable bonds is 6. The summed E-state index contributed by atoms with van der Waals surface area (Å²) in [6.45, 7) is 1.22. The van der Waals surface area contributed by atoms with Gasteiger partial charge in [0.2, 0.25) is 5.91 Å². The van der Waals surface area contributed by atoms with Gasteiger partial charge in [0.15, 0.2) is 0 Å². The highest BCUT2D eigenvalue weighted by molar-refractivity contribution is 5.80. The van der Waals surface area contributed by atoms with Crippen LogP contribution in [-0.4, -0.2) is 30.1 Å². The summed E-state index contributed by atoms with van der Waals surface area (Å²) < 4.78 is 5.74. The van der Waals surface area contributed by atoms with Crippen molar-refractivity contribution in [3.8, 4) is 0 Å². The molecule has 1 aromatic rings. The summed E-state index contributed by atoms with van der Waals surface area (Å²) >= 11 is 0. The minimum absolute atomic E-state index is 0.0102. The lowest BCUT2D eigenvalue weighted by molar-refractivity contribution is -0.138. The molecule has 1 saturated heterocycles. The number of carbonyl (C=O) groups is 2. The van der Waals surface area contributed by atoms with Gasteiger partial charge in [-0.25, -0.2) is 0 Å². The summed E-state index contributed by atoms with van der Waals surface area (Å²) in [7, 11) is 0. The van der Waals surface area contributed by atoms with Crippen LogP contribution in [-0.2, 0) is 14.3 Å². The molecule has 0 aromatic heterocycles. The zero-order valence-electron chi connectivity index (χ0n) is 11.2. The Morgan fingerprint density at radius 2 is 2.00 bits per heavy atom. The van der Waals surface area contributed by atoms with E-state index in [-0.39, 0.29) is 30.8 Å². The number of aliphatic carboxylic acids is 1. The fourth-order valence-electron chi connectivity index (χ4n) is 2.41. The molecule has 20 heavy (non-hydrogen) atoms. The van der Waals surface area contributed by atoms with Gasteiger partial charge in [-0.3, -0.25) is 9.59 Å². The van der Waals surface area contributed by atoms with Crippen LogP contribution >= 0.6 is 0 Å². The lowest BCUT2D eigenvalue weighted by atomic mass is 9.95. The number of ether oxygens (including phenoxy) is 1. The lowest BCUT2D eigenvalue weighted by Crippen LogP contribution is -2.30. The largest absolute Gasteiger partial charge is 0.481 e. The zero-order chi connectivity index (χ0) is 14.4. The molecule has 1 aliphatic heterocycles. The molecule has 0 radical (unpaired) electrons. The molecule has 0 unspecified atom stereocenters. The van der Waals surface area contributed by atoms with E-state index in [0.717, 1.165) is 12.0 Å². The second kappa shape index (κ2) is 7.05. The van der Waals surface area contributed by atoms with Gasteiger partial charge >= 0.3 is 5.97 Å². The van der Waals surface area contributed by atoms with Crippen LogP contribution in [0.25, 0.3) is 0 Å². The second-order valence-electron chi connectivity index (χ2n) is 4.95. The fraction of sp³-hybridized carbons (Fsp3) is 0.467. The summed E-state index contributed by atoms with van der Waals surface area (Å²) in [4.78, 5) is 21.9. The van der Waals surface area contributed by atoms with Crippen LogP contribution in [0, 0.1) is 5.92 Å². The average molecular weight is 277 g/mol. The molecule has 0 saturated carbocycles. The van der Waals surface area contributed by atoms with Crippen LogP contribution in [0.5, 0.6) is 0 Å². The normalized spacial score (nSPS) is 21.6. The van der Waals surface area contributed by atoms with E-state index in [1.165, 1.54) is 0 Å². The maximum Gasteiger partial charge on any atom is 0.303 e. The third kappa shape index (κ3) is 4.06. The highest BCUT2D eigenvalue weighted by atomic mass is 16.5. The Balaban J connectivity index is 1.83. The molecule has 108 valence electrons. The van der Waals surface area contributed by atoms with Crippen molar-refractivity contribution < 1.29 is 19.4 Å². The number of carboxylic acids is 1. The number of carboxylic acid groups (broad SMARTS) is 1. The Morgan fingerprint density at radius 3 is 2.70 bits per heavy atom. The van der Waals surface area contributed by atoms with Gasteiger partial charge in [0.1, 0.15) is 0 Å². The van der Waals surface area contributed by atoms with Crippen molar-refractivity contribution in [2.24, 2.45) is 5.92 Å². The van der Waals surface area contributed by atoms with Gasteiger partial charge in [0.05, 0.1) is 12.5 Å². The van der Waals surface area contributed by atoms with Gasteiger partial charge in [0.25, 0.3) is 0 Å². The van der Waals surface area contributed by atoms with Crippen LogP contribution in [0.15, 0.2) is 30.3 Å². The van der Waals surface area contributed by atoms with Crippen molar-refractivity contribution in [1.29, 1.82) is 0 Å². The van der Waals surface area contributed by atoms with E-state index in [0.29, 0.717) is 13.2 Å². The van der Waals surface area contributed by atoms with E-state index in [2.05, 4.69) is 5.32 Å². The molecule has 2 atom stereocenters. The van der Waals surface area contributed by atoms with E-state index in [1.807, 2.05) is 30.3 Å². The first-order valence-corrected chi connectivity index (χ1v) is 6.82. The first-order chi connectivity index (χ1) is 9.66. The number of hydrogen-bond donors (Lipinski definition) is 2. The van der Waals surface area contributed by atoms with Crippen LogP contribution in [0.1, 0.15) is 30.9 Å². The molecule has 1 aromatic carbocycles. The quantitative estimate of drug-likeness (QED) is 0.830. The summed E-state index contributed by atoms with van der Waals surface area (Å²) in [6, 6.07) is 9.95. The van der Waals surface area contributed by atoms with Crippen molar-refractivity contribution >= 4 is 11.9 Å². The molecule has 2 N–H and O–H groups in total. The van der Waals surface area contributed by atoms with Gasteiger partial charge in [-0.1, -0.05) is 30.3 Å². The molecule has 0 spiro atoms. The number of nitrogens with one attached hydrogen (secondary N) is 1. The van der Waals surface area contributed by atoms with Crippen molar-refractivity contribution in [3.63, 3.8) is 0 Å². The van der Waals surface area contributed by atoms with E-state index in [4.69, 9.17) is 9.84 Å². The molecule has 5 nitrogen and oxygen atoms in total. The molecule has 1 aliphatic rings. The number of benzene rings is 1. The topological polar surface area (TPSA) is 75.6 Å². The standard InChI is InChI=1S/C15H19NO4/c17-13(6-7-14(18)19)16-10-12-8-9-20-15(12)11-4-2-1-3-5-11/h1-5,12,15H,6-10H2,(H,16,17)(H,18,19)/t12-,15-/m0/s1. The summed E-state index contributed by atoms with van der Waals surface area (Å²) in [5.41, 5.74) is 1.12. The molecule has 0 aliphatic carbocycles. The maximum absolute atomic E-state index is 11.5. The Morgan fingerprint density at radius 1 is 1.25 bits per heavy atom. The number of carbonyl (C=O) groups excluding carboxylic acids is 1. The third-order valence-electron chi connectivity index (χ3n) is 3.47. The Hall–Kier alpha value is -1.88. The Labute approximate surface area is 117 Å². The van der Waals surface area contributed by atoms with E-state index in [9.17, 15) is 9.59 Å². The third-order valence-corrected chi connectivity index (χ3v) is 3.47. The molecule has 1 heterocycles. The summed E-state index contributed by atoms with van der Waals surface area (Å²) in [5.74, 6) is -0.927. The van der Waals surface area contributed by atoms with Gasteiger partial charge < -0.3 is 15.2 Å². The van der Waals surface area contributed by atoms with Gasteiger partial charge in [-0.2, -0.15) is 0 Å². The highest BCUT2D eigenvalue weighted by Crippen LogP contribution is 2.33. The predicted octanol–water partition coefficient (Wildman–Crippen LogP) is 1.75. The van der Waals surface area contributed by atoms with Crippen LogP contribution in [0.3, 0.4) is 0 Å². The minimum atomic E-state index is -0.952. The number of hydrogen-bond acceptors (Lipinski definition) is 3. The number of amides is 1. The highest BCUT2D eigenvalue weighted by Gasteiger charge is 2.29. The SMILES string of the molecule is O=C(O)CCC(=O)NC[C@@H]1CCO[C@H]1c1ccccc1. The lowest BCUT2D eigenvalue weighted by Gasteiger charge is -2.19. The summed E-state index contributed by atoms with van der Waals surface area (Å²) in [6.07, 6.45) is 0.809. The molecule has 5 heteroatoms. The molecule has 1 fully saturated rings. The van der Waals surface area contributed by atoms with Crippen molar-refractivity contribution in [2.75, 3.05) is 13.2 Å². The van der Waals surface area contributed by atoms with Gasteiger partial charge in [-0.15, -0.1) is 0 Å². The van der Waals surface area contributed by atoms with Crippen LogP contribution in [0.2, 0.25) is 0 Å². The molecule has 1 amide bonds. The smallest absolute Gasteiger partial charge is 0.303 e. The van der Waals surface area contributed by atoms with E-state index in [1.54, 1.807) is 0 Å². The fourth-order valence-corrected chi connectivity index (χ4v) is 2.41. The predicted molar refractivity (Wildman–Crippen MR) is 73.1 cm³/mol. The zero-order valence-corrected chi connectivity index (χ0v) is 11.2. The van der Waals surface area contributed by atoms with Gasteiger partial charge in [-0.05, 0) is 12.0 Å². The second-order valence-corrected chi connectivity index (χ2v) is 4.95. The monoisotopic (exact) mass is 277 g/mol. The van der Waals surface area contributed by atoms with Crippen molar-refractivity contribution in [1.82, 2.24) is 5.32 Å². The van der Waals surface area contributed by atoms with E-state index >= 15 is 0 Å². The van der Waals surface area contributed by atoms with Crippen molar-refractivity contribution in [2.45, 2.75) is 25.4 Å². The van der Waals surface area contributed by atoms with Crippen LogP contribution in [0.4, 0.5) is 0 Å².